The van der Waals surface area contributed by atoms with E-state index in [9.17, 15) is 14.7 Å². The van der Waals surface area contributed by atoms with E-state index in [4.69, 9.17) is 14.2 Å². The van der Waals surface area contributed by atoms with Crippen LogP contribution < -0.4 is 24.4 Å². The second-order valence-electron chi connectivity index (χ2n) is 7.51. The zero-order chi connectivity index (χ0) is 23.1. The Morgan fingerprint density at radius 2 is 2.00 bits per heavy atom. The fourth-order valence-corrected chi connectivity index (χ4v) is 4.96. The summed E-state index contributed by atoms with van der Waals surface area (Å²) in [6.45, 7) is 3.79. The van der Waals surface area contributed by atoms with E-state index in [-0.39, 0.29) is 24.7 Å². The number of allylic oxidation sites excluding steroid dienone is 1. The van der Waals surface area contributed by atoms with Gasteiger partial charge in [0.15, 0.2) is 16.3 Å². The molecule has 5 rings (SSSR count). The summed E-state index contributed by atoms with van der Waals surface area (Å²) < 4.78 is 18.2. The summed E-state index contributed by atoms with van der Waals surface area (Å²) in [5.74, 6) is 0.786. The van der Waals surface area contributed by atoms with Crippen molar-refractivity contribution in [2.24, 2.45) is 4.99 Å². The Labute approximate surface area is 192 Å². The van der Waals surface area contributed by atoms with E-state index in [0.717, 1.165) is 5.56 Å². The highest BCUT2D eigenvalue weighted by molar-refractivity contribution is 7.07. The zero-order valence-corrected chi connectivity index (χ0v) is 18.7. The van der Waals surface area contributed by atoms with Gasteiger partial charge in [0.1, 0.15) is 5.75 Å². The molecule has 8 nitrogen and oxygen atoms in total. The molecule has 1 unspecified atom stereocenters. The van der Waals surface area contributed by atoms with Gasteiger partial charge in [-0.15, -0.1) is 0 Å². The minimum atomic E-state index is -0.725. The Kier molecular flexibility index (Phi) is 5.26. The highest BCUT2D eigenvalue weighted by atomic mass is 32.1. The number of esters is 1. The van der Waals surface area contributed by atoms with Crippen LogP contribution in [0.4, 0.5) is 0 Å². The van der Waals surface area contributed by atoms with Crippen LogP contribution in [0.25, 0.3) is 6.08 Å². The van der Waals surface area contributed by atoms with Gasteiger partial charge in [0.05, 0.1) is 28.5 Å². The first-order valence-electron chi connectivity index (χ1n) is 10.3. The van der Waals surface area contributed by atoms with Crippen LogP contribution in [0, 0.1) is 0 Å². The fraction of sp³-hybridized carbons (Fsp3) is 0.208. The van der Waals surface area contributed by atoms with Crippen LogP contribution in [0.5, 0.6) is 17.2 Å². The minimum Gasteiger partial charge on any atom is -0.508 e. The smallest absolute Gasteiger partial charge is 0.338 e. The standard InChI is InChI=1S/C24H20N2O6S/c1-3-30-23(29)20-13(2)25-24-26(21(20)15-6-9-17-18(11-15)32-12-31-17)22(28)19(33-24)10-14-4-7-16(27)8-5-14/h4-11,21,27H,3,12H2,1-2H3. The lowest BCUT2D eigenvalue weighted by atomic mass is 9.95. The van der Waals surface area contributed by atoms with Gasteiger partial charge in [-0.05, 0) is 55.3 Å². The fourth-order valence-electron chi connectivity index (χ4n) is 3.91. The zero-order valence-electron chi connectivity index (χ0n) is 17.9. The number of nitrogens with zero attached hydrogens (tertiary/aromatic N) is 2. The lowest BCUT2D eigenvalue weighted by Crippen LogP contribution is -2.39. The van der Waals surface area contributed by atoms with E-state index in [1.807, 2.05) is 6.07 Å². The number of hydrogen-bond donors (Lipinski definition) is 1. The average Bonchev–Trinajstić information content (AvgIpc) is 3.38. The van der Waals surface area contributed by atoms with Crippen molar-refractivity contribution in [1.82, 2.24) is 4.57 Å². The van der Waals surface area contributed by atoms with Crippen LogP contribution in [-0.2, 0) is 9.53 Å². The van der Waals surface area contributed by atoms with Crippen molar-refractivity contribution in [1.29, 1.82) is 0 Å². The van der Waals surface area contributed by atoms with Crippen molar-refractivity contribution in [2.75, 3.05) is 13.4 Å². The molecule has 0 saturated carbocycles. The number of carbonyl (C=O) groups is 1. The molecule has 2 aliphatic heterocycles. The van der Waals surface area contributed by atoms with Gasteiger partial charge in [-0.1, -0.05) is 29.5 Å². The van der Waals surface area contributed by atoms with E-state index in [1.165, 1.54) is 15.9 Å². The predicted molar refractivity (Wildman–Crippen MR) is 121 cm³/mol. The number of aromatic hydroxyl groups is 1. The third-order valence-corrected chi connectivity index (χ3v) is 6.40. The highest BCUT2D eigenvalue weighted by Crippen LogP contribution is 2.38. The highest BCUT2D eigenvalue weighted by Gasteiger charge is 2.34. The number of phenols is 1. The molecular weight excluding hydrogens is 444 g/mol. The Hall–Kier alpha value is -3.85. The third-order valence-electron chi connectivity index (χ3n) is 5.42. The number of hydrogen-bond acceptors (Lipinski definition) is 8. The number of ether oxygens (including phenoxy) is 3. The lowest BCUT2D eigenvalue weighted by molar-refractivity contribution is -0.139. The third kappa shape index (κ3) is 3.70. The van der Waals surface area contributed by atoms with E-state index in [1.54, 1.807) is 56.3 Å². The van der Waals surface area contributed by atoms with Crippen molar-refractivity contribution in [3.8, 4) is 17.2 Å². The largest absolute Gasteiger partial charge is 0.508 e. The van der Waals surface area contributed by atoms with Gasteiger partial charge >= 0.3 is 5.97 Å². The molecule has 2 aliphatic rings. The van der Waals surface area contributed by atoms with Crippen molar-refractivity contribution in [3.63, 3.8) is 0 Å². The molecule has 33 heavy (non-hydrogen) atoms. The van der Waals surface area contributed by atoms with Crippen LogP contribution in [0.3, 0.4) is 0 Å². The maximum absolute atomic E-state index is 13.5. The van der Waals surface area contributed by atoms with Crippen molar-refractivity contribution >= 4 is 23.4 Å². The van der Waals surface area contributed by atoms with E-state index >= 15 is 0 Å². The summed E-state index contributed by atoms with van der Waals surface area (Å²) in [4.78, 5) is 31.5. The van der Waals surface area contributed by atoms with Gasteiger partial charge in [0.25, 0.3) is 5.56 Å². The molecule has 9 heteroatoms. The number of benzene rings is 2. The summed E-state index contributed by atoms with van der Waals surface area (Å²) in [5.41, 5.74) is 1.98. The maximum Gasteiger partial charge on any atom is 0.338 e. The second kappa shape index (κ2) is 8.25. The van der Waals surface area contributed by atoms with Gasteiger partial charge in [-0.3, -0.25) is 9.36 Å². The summed E-state index contributed by atoms with van der Waals surface area (Å²) in [6.07, 6.45) is 1.74. The molecule has 0 fully saturated rings. The molecule has 168 valence electrons. The molecular formula is C24H20N2O6S. The molecule has 0 spiro atoms. The number of fused-ring (bicyclic) bond motifs is 2. The first-order valence-corrected chi connectivity index (χ1v) is 11.2. The van der Waals surface area contributed by atoms with E-state index in [0.29, 0.717) is 37.7 Å². The number of aromatic nitrogens is 1. The van der Waals surface area contributed by atoms with Crippen LogP contribution in [0.1, 0.15) is 31.0 Å². The van der Waals surface area contributed by atoms with Crippen molar-refractivity contribution in [2.45, 2.75) is 19.9 Å². The Bertz CT molecular complexity index is 1470. The lowest BCUT2D eigenvalue weighted by Gasteiger charge is -2.24. The molecule has 0 radical (unpaired) electrons. The Balaban J connectivity index is 1.72. The maximum atomic E-state index is 13.5. The molecule has 2 aromatic carbocycles. The van der Waals surface area contributed by atoms with Crippen molar-refractivity contribution in [3.05, 3.63) is 84.5 Å². The molecule has 1 atom stereocenters. The monoisotopic (exact) mass is 464 g/mol. The summed E-state index contributed by atoms with van der Waals surface area (Å²) in [7, 11) is 0. The van der Waals surface area contributed by atoms with Gasteiger partial charge in [-0.25, -0.2) is 9.79 Å². The van der Waals surface area contributed by atoms with Crippen LogP contribution in [0.2, 0.25) is 0 Å². The second-order valence-corrected chi connectivity index (χ2v) is 8.52. The number of rotatable bonds is 4. The molecule has 1 N–H and O–H groups in total. The average molecular weight is 464 g/mol. The molecule has 0 saturated heterocycles. The Morgan fingerprint density at radius 1 is 1.24 bits per heavy atom. The quantitative estimate of drug-likeness (QED) is 0.595. The summed E-state index contributed by atoms with van der Waals surface area (Å²) in [5, 5.41) is 9.53. The Morgan fingerprint density at radius 3 is 2.76 bits per heavy atom. The molecule has 3 aromatic rings. The molecule has 0 aliphatic carbocycles. The minimum absolute atomic E-state index is 0.119. The van der Waals surface area contributed by atoms with Crippen LogP contribution in [-0.4, -0.2) is 29.0 Å². The summed E-state index contributed by atoms with van der Waals surface area (Å²) in [6, 6.07) is 11.2. The van der Waals surface area contributed by atoms with Gasteiger partial charge in [0, 0.05) is 0 Å². The molecule has 1 aromatic heterocycles. The molecule has 0 bridgehead atoms. The SMILES string of the molecule is CCOC(=O)C1=C(C)N=c2sc(=Cc3ccc(O)cc3)c(=O)n2C1c1ccc2c(c1)OCO2. The first-order chi connectivity index (χ1) is 16.0. The van der Waals surface area contributed by atoms with E-state index < -0.39 is 12.0 Å². The van der Waals surface area contributed by atoms with E-state index in [2.05, 4.69) is 4.99 Å². The van der Waals surface area contributed by atoms with Gasteiger partial charge in [-0.2, -0.15) is 0 Å². The number of carbonyl (C=O) groups excluding carboxylic acids is 1. The normalized spacial score (nSPS) is 17.0. The topological polar surface area (TPSA) is 99.4 Å². The molecule has 3 heterocycles. The predicted octanol–water partition coefficient (Wildman–Crippen LogP) is 2.23. The summed E-state index contributed by atoms with van der Waals surface area (Å²) >= 11 is 1.24. The van der Waals surface area contributed by atoms with Crippen molar-refractivity contribution < 1.29 is 24.1 Å². The van der Waals surface area contributed by atoms with Crippen LogP contribution >= 0.6 is 11.3 Å². The first kappa shape index (κ1) is 21.0. The van der Waals surface area contributed by atoms with Gasteiger partial charge in [0.2, 0.25) is 6.79 Å². The van der Waals surface area contributed by atoms with Gasteiger partial charge < -0.3 is 19.3 Å². The number of thiazole rings is 1. The molecule has 0 amide bonds. The van der Waals surface area contributed by atoms with Crippen LogP contribution in [0.15, 0.2) is 63.5 Å². The number of phenolic OH excluding ortho intramolecular Hbond substituents is 1.